The minimum atomic E-state index is -1.39. The van der Waals surface area contributed by atoms with Crippen LogP contribution in [-0.4, -0.2) is 63.7 Å². The summed E-state index contributed by atoms with van der Waals surface area (Å²) in [5.41, 5.74) is 3.42. The van der Waals surface area contributed by atoms with E-state index in [4.69, 9.17) is 4.74 Å². The van der Waals surface area contributed by atoms with E-state index < -0.39 is 17.9 Å². The Labute approximate surface area is 202 Å². The standard InChI is InChI=1S/C26H27N3O4S/c30-19-11-13-28-24(25(19)31)26(32)27-12-4-1-5-14-33-20-9-6-7-17-15-34-21-10-3-2-8-18(21)23(22(17)20)29(28)16-27/h2-3,6-11,13,23-25,31H,1,4-5,12,14-16H2/t23-,24?,25?/m1/s1. The molecule has 7 nitrogen and oxygen atoms in total. The molecule has 4 aliphatic rings. The molecule has 8 heteroatoms. The smallest absolute Gasteiger partial charge is 0.251 e. The van der Waals surface area contributed by atoms with Gasteiger partial charge >= 0.3 is 0 Å². The van der Waals surface area contributed by atoms with E-state index in [0.29, 0.717) is 19.8 Å². The van der Waals surface area contributed by atoms with Crippen molar-refractivity contribution in [3.63, 3.8) is 0 Å². The fourth-order valence-electron chi connectivity index (χ4n) is 5.41. The molecule has 3 unspecified atom stereocenters. The normalized spacial score (nSPS) is 28.5. The van der Waals surface area contributed by atoms with Gasteiger partial charge in [0.15, 0.2) is 11.8 Å². The zero-order valence-electron chi connectivity index (χ0n) is 18.8. The third kappa shape index (κ3) is 3.52. The zero-order valence-corrected chi connectivity index (χ0v) is 19.6. The molecule has 4 atom stereocenters. The first-order valence-corrected chi connectivity index (χ1v) is 12.8. The van der Waals surface area contributed by atoms with Crippen molar-refractivity contribution < 1.29 is 19.4 Å². The number of benzene rings is 2. The average Bonchev–Trinajstić information content (AvgIpc) is 3.01. The maximum absolute atomic E-state index is 13.5. The minimum absolute atomic E-state index is 0.195. The van der Waals surface area contributed by atoms with Gasteiger partial charge in [0.25, 0.3) is 5.91 Å². The van der Waals surface area contributed by atoms with Crippen LogP contribution in [0.2, 0.25) is 0 Å². The van der Waals surface area contributed by atoms with E-state index in [-0.39, 0.29) is 11.9 Å². The molecule has 1 amide bonds. The van der Waals surface area contributed by atoms with Gasteiger partial charge in [-0.2, -0.15) is 5.01 Å². The Bertz CT molecular complexity index is 1170. The number of ether oxygens (including phenoxy) is 1. The van der Waals surface area contributed by atoms with Crippen molar-refractivity contribution in [3.8, 4) is 5.75 Å². The lowest BCUT2D eigenvalue weighted by Gasteiger charge is -2.52. The number of hydrogen-bond acceptors (Lipinski definition) is 7. The molecule has 176 valence electrons. The van der Waals surface area contributed by atoms with Gasteiger partial charge in [-0.05, 0) is 42.5 Å². The van der Waals surface area contributed by atoms with Gasteiger partial charge in [0, 0.05) is 35.0 Å². The minimum Gasteiger partial charge on any atom is -0.493 e. The van der Waals surface area contributed by atoms with E-state index in [9.17, 15) is 14.7 Å². The maximum atomic E-state index is 13.5. The van der Waals surface area contributed by atoms with Crippen LogP contribution in [0.1, 0.15) is 42.0 Å². The topological polar surface area (TPSA) is 73.3 Å². The molecule has 2 aromatic carbocycles. The van der Waals surface area contributed by atoms with Crippen LogP contribution in [0.4, 0.5) is 0 Å². The molecule has 2 bridgehead atoms. The summed E-state index contributed by atoms with van der Waals surface area (Å²) in [5.74, 6) is 1.05. The number of carbonyl (C=O) groups excluding carboxylic acids is 2. The number of aliphatic hydroxyl groups excluding tert-OH is 1. The largest absolute Gasteiger partial charge is 0.493 e. The second-order valence-electron chi connectivity index (χ2n) is 9.14. The van der Waals surface area contributed by atoms with Crippen molar-refractivity contribution in [1.82, 2.24) is 14.9 Å². The Balaban J connectivity index is 1.58. The highest BCUT2D eigenvalue weighted by Crippen LogP contribution is 2.47. The molecule has 0 aromatic heterocycles. The molecule has 34 heavy (non-hydrogen) atoms. The number of aliphatic hydroxyl groups is 1. The Kier molecular flexibility index (Phi) is 5.59. The van der Waals surface area contributed by atoms with E-state index in [0.717, 1.165) is 41.9 Å². The van der Waals surface area contributed by atoms with Crippen LogP contribution < -0.4 is 4.74 Å². The van der Waals surface area contributed by atoms with Gasteiger partial charge in [-0.3, -0.25) is 14.6 Å². The van der Waals surface area contributed by atoms with Crippen molar-refractivity contribution in [2.75, 3.05) is 19.8 Å². The monoisotopic (exact) mass is 477 g/mol. The number of fused-ring (bicyclic) bond motifs is 7. The van der Waals surface area contributed by atoms with Gasteiger partial charge in [0.1, 0.15) is 11.9 Å². The summed E-state index contributed by atoms with van der Waals surface area (Å²) in [5, 5.41) is 14.7. The third-order valence-corrected chi connectivity index (χ3v) is 8.24. The molecule has 4 heterocycles. The number of nitrogens with zero attached hydrogens (tertiary/aromatic N) is 3. The Morgan fingerprint density at radius 2 is 1.91 bits per heavy atom. The van der Waals surface area contributed by atoms with E-state index in [2.05, 4.69) is 23.2 Å². The molecular formula is C26H27N3O4S. The van der Waals surface area contributed by atoms with E-state index in [1.165, 1.54) is 16.5 Å². The van der Waals surface area contributed by atoms with E-state index in [1.807, 2.05) is 29.2 Å². The number of rotatable bonds is 0. The number of hydrogen-bond donors (Lipinski definition) is 1. The maximum Gasteiger partial charge on any atom is 0.251 e. The first-order valence-electron chi connectivity index (χ1n) is 11.8. The molecule has 1 saturated heterocycles. The van der Waals surface area contributed by atoms with Crippen LogP contribution in [0.5, 0.6) is 5.75 Å². The molecule has 0 spiro atoms. The lowest BCUT2D eigenvalue weighted by Crippen LogP contribution is -2.68. The zero-order chi connectivity index (χ0) is 23.2. The van der Waals surface area contributed by atoms with Crippen LogP contribution in [0.3, 0.4) is 0 Å². The number of thioether (sulfide) groups is 1. The molecule has 0 saturated carbocycles. The highest BCUT2D eigenvalue weighted by atomic mass is 32.2. The van der Waals surface area contributed by atoms with Gasteiger partial charge in [-0.1, -0.05) is 30.3 Å². The quantitative estimate of drug-likeness (QED) is 0.625. The van der Waals surface area contributed by atoms with Crippen molar-refractivity contribution >= 4 is 23.5 Å². The summed E-state index contributed by atoms with van der Waals surface area (Å²) < 4.78 is 6.35. The predicted molar refractivity (Wildman–Crippen MR) is 128 cm³/mol. The fourth-order valence-corrected chi connectivity index (χ4v) is 6.49. The molecule has 1 N–H and O–H groups in total. The van der Waals surface area contributed by atoms with Crippen molar-refractivity contribution in [2.24, 2.45) is 0 Å². The molecule has 2 aromatic rings. The highest BCUT2D eigenvalue weighted by Gasteiger charge is 2.49. The number of amides is 1. The van der Waals surface area contributed by atoms with Crippen molar-refractivity contribution in [2.45, 2.75) is 48.1 Å². The molecule has 6 rings (SSSR count). The van der Waals surface area contributed by atoms with Crippen LogP contribution >= 0.6 is 11.8 Å². The van der Waals surface area contributed by atoms with Crippen LogP contribution in [0, 0.1) is 0 Å². The number of carbonyl (C=O) groups is 2. The van der Waals surface area contributed by atoms with Crippen LogP contribution in [0.15, 0.2) is 59.6 Å². The summed E-state index contributed by atoms with van der Waals surface area (Å²) >= 11 is 1.80. The third-order valence-electron chi connectivity index (χ3n) is 7.10. The molecule has 0 aliphatic carbocycles. The first-order chi connectivity index (χ1) is 16.6. The lowest BCUT2D eigenvalue weighted by atomic mass is 9.92. The molecule has 1 fully saturated rings. The summed E-state index contributed by atoms with van der Waals surface area (Å²) in [6.45, 7) is 1.59. The lowest BCUT2D eigenvalue weighted by molar-refractivity contribution is -0.185. The first kappa shape index (κ1) is 21.7. The molecule has 4 aliphatic heterocycles. The SMILES string of the molecule is O=C1C=CN2C(C(=O)N3CCCCCOc4cccc5c4[C@@H](c4ccccc4SC5)N2C3)C1O. The average molecular weight is 478 g/mol. The highest BCUT2D eigenvalue weighted by molar-refractivity contribution is 7.98. The van der Waals surface area contributed by atoms with E-state index in [1.54, 1.807) is 23.0 Å². The van der Waals surface area contributed by atoms with Gasteiger partial charge < -0.3 is 14.7 Å². The van der Waals surface area contributed by atoms with Gasteiger partial charge in [0.05, 0.1) is 19.3 Å². The number of ketones is 1. The Morgan fingerprint density at radius 1 is 1.03 bits per heavy atom. The second-order valence-corrected chi connectivity index (χ2v) is 10.2. The van der Waals surface area contributed by atoms with Crippen molar-refractivity contribution in [1.29, 1.82) is 0 Å². The molecular weight excluding hydrogens is 450 g/mol. The van der Waals surface area contributed by atoms with Crippen LogP contribution in [-0.2, 0) is 15.3 Å². The van der Waals surface area contributed by atoms with Gasteiger partial charge in [-0.15, -0.1) is 11.8 Å². The van der Waals surface area contributed by atoms with Crippen molar-refractivity contribution in [3.05, 3.63) is 71.4 Å². The number of hydrazine groups is 1. The predicted octanol–water partition coefficient (Wildman–Crippen LogP) is 3.09. The second kappa shape index (κ2) is 8.76. The molecule has 0 radical (unpaired) electrons. The van der Waals surface area contributed by atoms with Crippen LogP contribution in [0.25, 0.3) is 0 Å². The summed E-state index contributed by atoms with van der Waals surface area (Å²) in [6.07, 6.45) is 4.34. The van der Waals surface area contributed by atoms with Gasteiger partial charge in [0.2, 0.25) is 0 Å². The fraction of sp³-hybridized carbons (Fsp3) is 0.385. The summed E-state index contributed by atoms with van der Waals surface area (Å²) in [7, 11) is 0. The van der Waals surface area contributed by atoms with Gasteiger partial charge in [-0.25, -0.2) is 0 Å². The Hall–Kier alpha value is -2.81. The van der Waals surface area contributed by atoms with E-state index >= 15 is 0 Å². The summed E-state index contributed by atoms with van der Waals surface area (Å²) in [4.78, 5) is 28.8. The Morgan fingerprint density at radius 3 is 2.82 bits per heavy atom. The summed E-state index contributed by atoms with van der Waals surface area (Å²) in [6, 6.07) is 13.4.